The minimum absolute atomic E-state index is 0.0393. The number of primary amides is 1. The molecule has 24 heavy (non-hydrogen) atoms. The van der Waals surface area contributed by atoms with E-state index in [1.54, 1.807) is 14.1 Å². The fourth-order valence-corrected chi connectivity index (χ4v) is 3.03. The van der Waals surface area contributed by atoms with Crippen molar-refractivity contribution in [1.29, 1.82) is 0 Å². The molecule has 0 saturated carbocycles. The average Bonchev–Trinajstić information content (AvgIpc) is 3.09. The number of nitrogens with zero attached hydrogens (tertiary/aromatic N) is 6. The number of hydrogen-bond donors (Lipinski definition) is 1. The van der Waals surface area contributed by atoms with E-state index in [-0.39, 0.29) is 11.8 Å². The monoisotopic (exact) mass is 331 g/mol. The molecule has 9 nitrogen and oxygen atoms in total. The SMILES string of the molecule is Cc1nc(C)n(C[C@@H](C)C(=O)N2CCn3c(C(N)=O)cnc3C2)n1. The van der Waals surface area contributed by atoms with E-state index in [4.69, 9.17) is 5.73 Å². The molecule has 1 atom stereocenters. The molecule has 0 aromatic carbocycles. The minimum Gasteiger partial charge on any atom is -0.364 e. The van der Waals surface area contributed by atoms with Gasteiger partial charge in [0, 0.05) is 13.1 Å². The molecule has 2 amide bonds. The van der Waals surface area contributed by atoms with Crippen molar-refractivity contribution >= 4 is 11.8 Å². The molecule has 0 aliphatic carbocycles. The van der Waals surface area contributed by atoms with Gasteiger partial charge in [-0.3, -0.25) is 9.59 Å². The van der Waals surface area contributed by atoms with Crippen molar-refractivity contribution in [3.05, 3.63) is 29.4 Å². The largest absolute Gasteiger partial charge is 0.364 e. The molecule has 1 aliphatic heterocycles. The number of carbonyl (C=O) groups excluding carboxylic acids is 2. The second-order valence-corrected chi connectivity index (χ2v) is 6.12. The fraction of sp³-hybridized carbons (Fsp3) is 0.533. The normalized spacial score (nSPS) is 15.2. The third-order valence-corrected chi connectivity index (χ3v) is 4.26. The van der Waals surface area contributed by atoms with E-state index in [2.05, 4.69) is 15.1 Å². The maximum atomic E-state index is 12.7. The molecule has 2 N–H and O–H groups in total. The number of nitrogens with two attached hydrogens (primary N) is 1. The Morgan fingerprint density at radius 3 is 2.71 bits per heavy atom. The molecule has 0 fully saturated rings. The first kappa shape index (κ1) is 16.2. The summed E-state index contributed by atoms with van der Waals surface area (Å²) in [6, 6.07) is 0. The van der Waals surface area contributed by atoms with Crippen LogP contribution in [0.25, 0.3) is 0 Å². The highest BCUT2D eigenvalue weighted by molar-refractivity contribution is 5.91. The van der Waals surface area contributed by atoms with Crippen molar-refractivity contribution in [2.75, 3.05) is 6.54 Å². The van der Waals surface area contributed by atoms with Gasteiger partial charge in [0.25, 0.3) is 5.91 Å². The Balaban J connectivity index is 1.69. The van der Waals surface area contributed by atoms with E-state index in [0.717, 1.165) is 5.82 Å². The predicted octanol–water partition coefficient (Wildman–Crippen LogP) is -0.131. The lowest BCUT2D eigenvalue weighted by Crippen LogP contribution is -2.42. The number of hydrogen-bond acceptors (Lipinski definition) is 5. The summed E-state index contributed by atoms with van der Waals surface area (Å²) in [5, 5.41) is 4.30. The number of aryl methyl sites for hydroxylation is 2. The van der Waals surface area contributed by atoms with Crippen LogP contribution in [-0.4, -0.2) is 47.6 Å². The Kier molecular flexibility index (Phi) is 4.08. The molecule has 9 heteroatoms. The van der Waals surface area contributed by atoms with Gasteiger partial charge in [0.1, 0.15) is 23.2 Å². The highest BCUT2D eigenvalue weighted by atomic mass is 16.2. The molecule has 3 rings (SSSR count). The Hall–Kier alpha value is -2.71. The quantitative estimate of drug-likeness (QED) is 0.838. The third-order valence-electron chi connectivity index (χ3n) is 4.26. The summed E-state index contributed by atoms with van der Waals surface area (Å²) < 4.78 is 3.54. The molecular weight excluding hydrogens is 310 g/mol. The van der Waals surface area contributed by atoms with Crippen LogP contribution in [0.15, 0.2) is 6.20 Å². The summed E-state index contributed by atoms with van der Waals surface area (Å²) in [6.45, 7) is 7.51. The summed E-state index contributed by atoms with van der Waals surface area (Å²) in [5.74, 6) is 1.50. The van der Waals surface area contributed by atoms with Gasteiger partial charge >= 0.3 is 0 Å². The van der Waals surface area contributed by atoms with Gasteiger partial charge in [0.2, 0.25) is 5.91 Å². The molecule has 0 spiro atoms. The van der Waals surface area contributed by atoms with Crippen LogP contribution >= 0.6 is 0 Å². The van der Waals surface area contributed by atoms with Crippen molar-refractivity contribution < 1.29 is 9.59 Å². The van der Waals surface area contributed by atoms with E-state index in [1.165, 1.54) is 6.20 Å². The van der Waals surface area contributed by atoms with Crippen molar-refractivity contribution in [2.45, 2.75) is 40.4 Å². The number of rotatable bonds is 4. The summed E-state index contributed by atoms with van der Waals surface area (Å²) >= 11 is 0. The summed E-state index contributed by atoms with van der Waals surface area (Å²) in [7, 11) is 0. The van der Waals surface area contributed by atoms with Crippen LogP contribution < -0.4 is 5.73 Å². The number of carbonyl (C=O) groups is 2. The number of imidazole rings is 1. The zero-order valence-electron chi connectivity index (χ0n) is 14.1. The smallest absolute Gasteiger partial charge is 0.266 e. The van der Waals surface area contributed by atoms with Gasteiger partial charge in [0.05, 0.1) is 25.2 Å². The van der Waals surface area contributed by atoms with Crippen LogP contribution in [0.2, 0.25) is 0 Å². The van der Waals surface area contributed by atoms with Crippen molar-refractivity contribution in [3.8, 4) is 0 Å². The van der Waals surface area contributed by atoms with Crippen molar-refractivity contribution in [3.63, 3.8) is 0 Å². The van der Waals surface area contributed by atoms with E-state index >= 15 is 0 Å². The van der Waals surface area contributed by atoms with Crippen LogP contribution in [0, 0.1) is 19.8 Å². The van der Waals surface area contributed by atoms with Crippen molar-refractivity contribution in [1.82, 2.24) is 29.2 Å². The molecule has 3 heterocycles. The molecule has 0 bridgehead atoms. The summed E-state index contributed by atoms with van der Waals surface area (Å²) in [5.41, 5.74) is 5.72. The van der Waals surface area contributed by atoms with Gasteiger partial charge in [-0.15, -0.1) is 0 Å². The number of fused-ring (bicyclic) bond motifs is 1. The van der Waals surface area contributed by atoms with Crippen LogP contribution in [0.3, 0.4) is 0 Å². The highest BCUT2D eigenvalue weighted by Crippen LogP contribution is 2.17. The zero-order valence-corrected chi connectivity index (χ0v) is 14.1. The van der Waals surface area contributed by atoms with Crippen LogP contribution in [0.4, 0.5) is 0 Å². The first-order chi connectivity index (χ1) is 11.4. The molecule has 0 radical (unpaired) electrons. The molecule has 2 aromatic rings. The van der Waals surface area contributed by atoms with Gasteiger partial charge in [-0.05, 0) is 13.8 Å². The Bertz CT molecular complexity index is 792. The van der Waals surface area contributed by atoms with Gasteiger partial charge in [0.15, 0.2) is 0 Å². The number of amides is 2. The third kappa shape index (κ3) is 2.89. The molecule has 1 aliphatic rings. The molecule has 0 unspecified atom stereocenters. The average molecular weight is 331 g/mol. The predicted molar refractivity (Wildman–Crippen MR) is 84.8 cm³/mol. The van der Waals surface area contributed by atoms with E-state index < -0.39 is 5.91 Å². The van der Waals surface area contributed by atoms with E-state index in [1.807, 2.05) is 20.8 Å². The van der Waals surface area contributed by atoms with Gasteiger partial charge in [-0.1, -0.05) is 6.92 Å². The highest BCUT2D eigenvalue weighted by Gasteiger charge is 2.28. The maximum absolute atomic E-state index is 12.7. The van der Waals surface area contributed by atoms with Crippen LogP contribution in [-0.2, 0) is 24.4 Å². The molecular formula is C15H21N7O2. The van der Waals surface area contributed by atoms with Gasteiger partial charge in [-0.25, -0.2) is 14.6 Å². The lowest BCUT2D eigenvalue weighted by atomic mass is 10.1. The first-order valence-corrected chi connectivity index (χ1v) is 7.88. The van der Waals surface area contributed by atoms with E-state index in [0.29, 0.717) is 43.5 Å². The van der Waals surface area contributed by atoms with Crippen LogP contribution in [0.1, 0.15) is 34.9 Å². The Morgan fingerprint density at radius 1 is 1.33 bits per heavy atom. The molecule has 128 valence electrons. The molecule has 0 saturated heterocycles. The lowest BCUT2D eigenvalue weighted by Gasteiger charge is -2.30. The van der Waals surface area contributed by atoms with Crippen LogP contribution in [0.5, 0.6) is 0 Å². The Morgan fingerprint density at radius 2 is 2.08 bits per heavy atom. The Labute approximate surface area is 139 Å². The second kappa shape index (κ2) is 6.06. The standard InChI is InChI=1S/C15H21N7O2/c1-9(7-22-11(3)18-10(2)19-22)15(24)20-4-5-21-12(14(16)23)6-17-13(21)8-20/h6,9H,4-5,7-8H2,1-3H3,(H2,16,23)/t9-/m1/s1. The van der Waals surface area contributed by atoms with Crippen molar-refractivity contribution in [2.24, 2.45) is 11.7 Å². The zero-order chi connectivity index (χ0) is 17.4. The lowest BCUT2D eigenvalue weighted by molar-refractivity contribution is -0.137. The summed E-state index contributed by atoms with van der Waals surface area (Å²) in [4.78, 5) is 34.3. The fourth-order valence-electron chi connectivity index (χ4n) is 3.03. The summed E-state index contributed by atoms with van der Waals surface area (Å²) in [6.07, 6.45) is 1.47. The maximum Gasteiger partial charge on any atom is 0.266 e. The minimum atomic E-state index is -0.501. The first-order valence-electron chi connectivity index (χ1n) is 7.88. The topological polar surface area (TPSA) is 112 Å². The molecule has 2 aromatic heterocycles. The second-order valence-electron chi connectivity index (χ2n) is 6.12. The van der Waals surface area contributed by atoms with E-state index in [9.17, 15) is 9.59 Å². The number of aromatic nitrogens is 5. The van der Waals surface area contributed by atoms with Gasteiger partial charge < -0.3 is 15.2 Å². The van der Waals surface area contributed by atoms with Gasteiger partial charge in [-0.2, -0.15) is 5.10 Å².